The van der Waals surface area contributed by atoms with Gasteiger partial charge in [0.2, 0.25) is 0 Å². The minimum atomic E-state index is -0.446. The molecule has 0 aromatic heterocycles. The first kappa shape index (κ1) is 11.4. The molecule has 0 heterocycles. The van der Waals surface area contributed by atoms with E-state index in [-0.39, 0.29) is 0 Å². The summed E-state index contributed by atoms with van der Waals surface area (Å²) in [5, 5.41) is 13.2. The number of nitrogens with one attached hydrogen (secondary N) is 1. The third kappa shape index (κ3) is 2.74. The van der Waals surface area contributed by atoms with Gasteiger partial charge >= 0.3 is 0 Å². The predicted molar refractivity (Wildman–Crippen MR) is 63.5 cm³/mol. The lowest BCUT2D eigenvalue weighted by Crippen LogP contribution is -2.45. The Hall–Kier alpha value is -1.06. The van der Waals surface area contributed by atoms with Gasteiger partial charge in [-0.05, 0) is 37.0 Å². The number of rotatable bonds is 5. The van der Waals surface area contributed by atoms with E-state index in [2.05, 4.69) is 11.4 Å². The molecule has 1 aliphatic carbocycles. The summed E-state index contributed by atoms with van der Waals surface area (Å²) in [6, 6.07) is 7.98. The average molecular weight is 221 g/mol. The van der Waals surface area contributed by atoms with Crippen molar-refractivity contribution in [1.29, 1.82) is 0 Å². The van der Waals surface area contributed by atoms with Gasteiger partial charge in [0.15, 0.2) is 0 Å². The van der Waals surface area contributed by atoms with Crippen LogP contribution in [0.25, 0.3) is 0 Å². The normalized spacial score (nSPS) is 17.9. The van der Waals surface area contributed by atoms with Gasteiger partial charge in [-0.3, -0.25) is 0 Å². The summed E-state index contributed by atoms with van der Waals surface area (Å²) in [7, 11) is 1.67. The number of hydrogen-bond donors (Lipinski definition) is 2. The molecule has 0 amide bonds. The highest BCUT2D eigenvalue weighted by Crippen LogP contribution is 2.30. The van der Waals surface area contributed by atoms with Crippen molar-refractivity contribution in [2.45, 2.75) is 31.4 Å². The fourth-order valence-corrected chi connectivity index (χ4v) is 1.98. The van der Waals surface area contributed by atoms with Crippen LogP contribution < -0.4 is 10.1 Å². The number of methoxy groups -OCH3 is 1. The van der Waals surface area contributed by atoms with Crippen LogP contribution in [0.2, 0.25) is 0 Å². The van der Waals surface area contributed by atoms with E-state index >= 15 is 0 Å². The standard InChI is InChI=1S/C13H19NO2/c1-16-12-5-2-4-11(8-12)9-14-10-13(15)6-3-7-13/h2,4-5,8,14-15H,3,6-7,9-10H2,1H3. The first-order valence-electron chi connectivity index (χ1n) is 5.78. The average Bonchev–Trinajstić information content (AvgIpc) is 2.27. The number of ether oxygens (including phenoxy) is 1. The molecular formula is C13H19NO2. The molecule has 3 nitrogen and oxygen atoms in total. The Balaban J connectivity index is 1.80. The Bertz CT molecular complexity index is 348. The van der Waals surface area contributed by atoms with Gasteiger partial charge in [-0.1, -0.05) is 12.1 Å². The summed E-state index contributed by atoms with van der Waals surface area (Å²) >= 11 is 0. The lowest BCUT2D eigenvalue weighted by atomic mass is 9.80. The van der Waals surface area contributed by atoms with Gasteiger partial charge < -0.3 is 15.2 Å². The van der Waals surface area contributed by atoms with Crippen LogP contribution in [0.5, 0.6) is 5.75 Å². The van der Waals surface area contributed by atoms with Crippen molar-refractivity contribution in [2.24, 2.45) is 0 Å². The Kier molecular flexibility index (Phi) is 3.46. The molecule has 1 aliphatic rings. The molecule has 0 atom stereocenters. The number of aliphatic hydroxyl groups is 1. The maximum Gasteiger partial charge on any atom is 0.119 e. The van der Waals surface area contributed by atoms with Gasteiger partial charge in [-0.15, -0.1) is 0 Å². The molecule has 0 aliphatic heterocycles. The molecule has 2 rings (SSSR count). The van der Waals surface area contributed by atoms with Crippen molar-refractivity contribution in [1.82, 2.24) is 5.32 Å². The molecule has 1 saturated carbocycles. The zero-order valence-electron chi connectivity index (χ0n) is 9.70. The quantitative estimate of drug-likeness (QED) is 0.795. The van der Waals surface area contributed by atoms with E-state index in [0.29, 0.717) is 6.54 Å². The summed E-state index contributed by atoms with van der Waals surface area (Å²) < 4.78 is 5.16. The lowest BCUT2D eigenvalue weighted by Gasteiger charge is -2.36. The first-order chi connectivity index (χ1) is 7.72. The molecule has 0 bridgehead atoms. The second-order valence-corrected chi connectivity index (χ2v) is 4.53. The van der Waals surface area contributed by atoms with E-state index in [9.17, 15) is 5.11 Å². The highest BCUT2D eigenvalue weighted by atomic mass is 16.5. The second kappa shape index (κ2) is 4.85. The summed E-state index contributed by atoms with van der Waals surface area (Å²) in [4.78, 5) is 0. The first-order valence-corrected chi connectivity index (χ1v) is 5.78. The molecule has 0 unspecified atom stereocenters. The molecule has 0 radical (unpaired) electrons. The fraction of sp³-hybridized carbons (Fsp3) is 0.538. The zero-order chi connectivity index (χ0) is 11.4. The summed E-state index contributed by atoms with van der Waals surface area (Å²) in [5.41, 5.74) is 0.737. The maximum atomic E-state index is 9.90. The molecule has 0 saturated heterocycles. The molecule has 2 N–H and O–H groups in total. The van der Waals surface area contributed by atoms with Gasteiger partial charge in [0.1, 0.15) is 5.75 Å². The van der Waals surface area contributed by atoms with Crippen molar-refractivity contribution < 1.29 is 9.84 Å². The van der Waals surface area contributed by atoms with Gasteiger partial charge in [0.05, 0.1) is 12.7 Å². The van der Waals surface area contributed by atoms with E-state index < -0.39 is 5.60 Å². The van der Waals surface area contributed by atoms with Crippen LogP contribution in [0, 0.1) is 0 Å². The monoisotopic (exact) mass is 221 g/mol. The van der Waals surface area contributed by atoms with Crippen LogP contribution in [-0.2, 0) is 6.54 Å². The second-order valence-electron chi connectivity index (χ2n) is 4.53. The summed E-state index contributed by atoms with van der Waals surface area (Å²) in [6.07, 6.45) is 3.01. The lowest BCUT2D eigenvalue weighted by molar-refractivity contribution is -0.0314. The van der Waals surface area contributed by atoms with Crippen molar-refractivity contribution in [2.75, 3.05) is 13.7 Å². The van der Waals surface area contributed by atoms with Gasteiger partial charge in [-0.25, -0.2) is 0 Å². The molecule has 1 fully saturated rings. The third-order valence-corrected chi connectivity index (χ3v) is 3.20. The van der Waals surface area contributed by atoms with Crippen LogP contribution in [-0.4, -0.2) is 24.4 Å². The summed E-state index contributed by atoms with van der Waals surface area (Å²) in [5.74, 6) is 0.877. The summed E-state index contributed by atoms with van der Waals surface area (Å²) in [6.45, 7) is 1.46. The highest BCUT2D eigenvalue weighted by Gasteiger charge is 2.33. The minimum absolute atomic E-state index is 0.446. The Labute approximate surface area is 96.4 Å². The fourth-order valence-electron chi connectivity index (χ4n) is 1.98. The number of hydrogen-bond acceptors (Lipinski definition) is 3. The highest BCUT2D eigenvalue weighted by molar-refractivity contribution is 5.28. The van der Waals surface area contributed by atoms with Gasteiger partial charge in [-0.2, -0.15) is 0 Å². The SMILES string of the molecule is COc1cccc(CNCC2(O)CCC2)c1. The van der Waals surface area contributed by atoms with E-state index in [1.807, 2.05) is 18.2 Å². The minimum Gasteiger partial charge on any atom is -0.497 e. The third-order valence-electron chi connectivity index (χ3n) is 3.20. The Morgan fingerprint density at radius 2 is 2.25 bits per heavy atom. The van der Waals surface area contributed by atoms with Crippen LogP contribution in [0.3, 0.4) is 0 Å². The zero-order valence-corrected chi connectivity index (χ0v) is 9.70. The van der Waals surface area contributed by atoms with Crippen LogP contribution in [0.4, 0.5) is 0 Å². The van der Waals surface area contributed by atoms with Crippen LogP contribution >= 0.6 is 0 Å². The van der Waals surface area contributed by atoms with E-state index in [4.69, 9.17) is 4.74 Å². The van der Waals surface area contributed by atoms with E-state index in [1.54, 1.807) is 7.11 Å². The predicted octanol–water partition coefficient (Wildman–Crippen LogP) is 1.70. The molecular weight excluding hydrogens is 202 g/mol. The molecule has 88 valence electrons. The van der Waals surface area contributed by atoms with Crippen molar-refractivity contribution in [3.63, 3.8) is 0 Å². The maximum absolute atomic E-state index is 9.90. The smallest absolute Gasteiger partial charge is 0.119 e. The Morgan fingerprint density at radius 3 is 2.88 bits per heavy atom. The Morgan fingerprint density at radius 1 is 1.44 bits per heavy atom. The molecule has 16 heavy (non-hydrogen) atoms. The van der Waals surface area contributed by atoms with E-state index in [1.165, 1.54) is 5.56 Å². The van der Waals surface area contributed by atoms with E-state index in [0.717, 1.165) is 31.6 Å². The van der Waals surface area contributed by atoms with Gasteiger partial charge in [0, 0.05) is 13.1 Å². The number of benzene rings is 1. The largest absolute Gasteiger partial charge is 0.497 e. The van der Waals surface area contributed by atoms with Crippen molar-refractivity contribution in [3.8, 4) is 5.75 Å². The molecule has 1 aromatic carbocycles. The van der Waals surface area contributed by atoms with Crippen molar-refractivity contribution >= 4 is 0 Å². The van der Waals surface area contributed by atoms with Crippen molar-refractivity contribution in [3.05, 3.63) is 29.8 Å². The molecule has 0 spiro atoms. The molecule has 3 heteroatoms. The van der Waals surface area contributed by atoms with Gasteiger partial charge in [0.25, 0.3) is 0 Å². The van der Waals surface area contributed by atoms with Crippen LogP contribution in [0.1, 0.15) is 24.8 Å². The topological polar surface area (TPSA) is 41.5 Å². The molecule has 1 aromatic rings. The van der Waals surface area contributed by atoms with Crippen LogP contribution in [0.15, 0.2) is 24.3 Å².